The van der Waals surface area contributed by atoms with Crippen LogP contribution in [0.4, 0.5) is 0 Å². The van der Waals surface area contributed by atoms with Gasteiger partial charge >= 0.3 is 0 Å². The van der Waals surface area contributed by atoms with Crippen molar-refractivity contribution in [1.82, 2.24) is 9.97 Å². The molecule has 46 heavy (non-hydrogen) atoms. The minimum absolute atomic E-state index is 1.01. The number of fused-ring (bicyclic) bond motifs is 5. The van der Waals surface area contributed by atoms with E-state index in [0.29, 0.717) is 0 Å². The van der Waals surface area contributed by atoms with E-state index in [0.717, 1.165) is 21.8 Å². The van der Waals surface area contributed by atoms with Gasteiger partial charge in [-0.1, -0.05) is 103 Å². The second-order valence-electron chi connectivity index (χ2n) is 11.9. The highest BCUT2D eigenvalue weighted by Crippen LogP contribution is 2.37. The SMILES string of the molecule is c1cc(-c2ccc3ncccc3c2)cc(-c2ccc3ccc4c(-c5cccc(-c6ccc7ncccc7c6)c5)cccc4c3c2)c1. The quantitative estimate of drug-likeness (QED) is 0.192. The molecule has 0 N–H and O–H groups in total. The van der Waals surface area contributed by atoms with Gasteiger partial charge in [-0.3, -0.25) is 9.97 Å². The molecule has 0 spiro atoms. The molecule has 0 radical (unpaired) electrons. The summed E-state index contributed by atoms with van der Waals surface area (Å²) < 4.78 is 0. The summed E-state index contributed by atoms with van der Waals surface area (Å²) >= 11 is 0. The van der Waals surface area contributed by atoms with Crippen molar-refractivity contribution in [2.45, 2.75) is 0 Å². The second kappa shape index (κ2) is 10.8. The summed E-state index contributed by atoms with van der Waals surface area (Å²) in [6, 6.07) is 57.0. The summed E-state index contributed by atoms with van der Waals surface area (Å²) in [4.78, 5) is 8.98. The Kier molecular flexibility index (Phi) is 6.17. The Bertz CT molecular complexity index is 2600. The molecule has 0 aliphatic rings. The van der Waals surface area contributed by atoms with Crippen LogP contribution in [0.25, 0.3) is 87.9 Å². The molecule has 0 unspecified atom stereocenters. The number of hydrogen-bond acceptors (Lipinski definition) is 2. The topological polar surface area (TPSA) is 25.8 Å². The molecule has 214 valence electrons. The molecular weight excluding hydrogens is 556 g/mol. The fourth-order valence-electron chi connectivity index (χ4n) is 6.77. The zero-order valence-corrected chi connectivity index (χ0v) is 25.1. The maximum absolute atomic E-state index is 4.49. The molecule has 2 heteroatoms. The van der Waals surface area contributed by atoms with Gasteiger partial charge in [0, 0.05) is 23.2 Å². The Morgan fingerprint density at radius 1 is 0.283 bits per heavy atom. The van der Waals surface area contributed by atoms with E-state index in [1.807, 2.05) is 24.5 Å². The van der Waals surface area contributed by atoms with Crippen LogP contribution in [0.1, 0.15) is 0 Å². The summed E-state index contributed by atoms with van der Waals surface area (Å²) in [6.07, 6.45) is 3.69. The first-order valence-electron chi connectivity index (χ1n) is 15.6. The van der Waals surface area contributed by atoms with Gasteiger partial charge in [-0.05, 0) is 121 Å². The third-order valence-corrected chi connectivity index (χ3v) is 9.12. The highest BCUT2D eigenvalue weighted by atomic mass is 14.6. The van der Waals surface area contributed by atoms with Gasteiger partial charge < -0.3 is 0 Å². The lowest BCUT2D eigenvalue weighted by Gasteiger charge is -2.13. The smallest absolute Gasteiger partial charge is 0.0702 e. The monoisotopic (exact) mass is 584 g/mol. The number of nitrogens with zero attached hydrogens (tertiary/aromatic N) is 2. The van der Waals surface area contributed by atoms with Crippen molar-refractivity contribution in [3.8, 4) is 44.5 Å². The summed E-state index contributed by atoms with van der Waals surface area (Å²) in [5.74, 6) is 0. The van der Waals surface area contributed by atoms with Crippen molar-refractivity contribution in [3.05, 3.63) is 170 Å². The average molecular weight is 585 g/mol. The van der Waals surface area contributed by atoms with Crippen LogP contribution in [0.5, 0.6) is 0 Å². The molecular formula is C44H28N2. The molecule has 0 bridgehead atoms. The van der Waals surface area contributed by atoms with Gasteiger partial charge in [-0.2, -0.15) is 0 Å². The fourth-order valence-corrected chi connectivity index (χ4v) is 6.77. The predicted molar refractivity (Wildman–Crippen MR) is 194 cm³/mol. The first-order valence-corrected chi connectivity index (χ1v) is 15.6. The summed E-state index contributed by atoms with van der Waals surface area (Å²) in [6.45, 7) is 0. The molecule has 0 fully saturated rings. The van der Waals surface area contributed by atoms with Crippen LogP contribution < -0.4 is 0 Å². The van der Waals surface area contributed by atoms with E-state index in [1.54, 1.807) is 0 Å². The summed E-state index contributed by atoms with van der Waals surface area (Å²) in [5.41, 5.74) is 11.7. The van der Waals surface area contributed by atoms with E-state index in [4.69, 9.17) is 0 Å². The van der Waals surface area contributed by atoms with Crippen LogP contribution in [-0.2, 0) is 0 Å². The van der Waals surface area contributed by atoms with Gasteiger partial charge in [0.1, 0.15) is 0 Å². The molecule has 9 aromatic rings. The van der Waals surface area contributed by atoms with Gasteiger partial charge in [-0.15, -0.1) is 0 Å². The van der Waals surface area contributed by atoms with Crippen molar-refractivity contribution < 1.29 is 0 Å². The van der Waals surface area contributed by atoms with Crippen LogP contribution in [-0.4, -0.2) is 9.97 Å². The van der Waals surface area contributed by atoms with E-state index in [2.05, 4.69) is 156 Å². The first kappa shape index (κ1) is 26.3. The standard InChI is InChI=1S/C44H28N2/c1-6-30(33-17-20-43-37(26-33)10-4-22-45-43)24-31(7-1)35-15-14-29-16-19-41-39(12-3-13-40(41)42(29)28-35)36-9-2-8-32(25-36)34-18-21-44-38(27-34)11-5-23-46-44/h1-28H. The Morgan fingerprint density at radius 3 is 1.48 bits per heavy atom. The van der Waals surface area contributed by atoms with Gasteiger partial charge in [0.2, 0.25) is 0 Å². The first-order chi connectivity index (χ1) is 22.8. The van der Waals surface area contributed by atoms with Crippen LogP contribution in [0.3, 0.4) is 0 Å². The van der Waals surface area contributed by atoms with Gasteiger partial charge in [0.25, 0.3) is 0 Å². The van der Waals surface area contributed by atoms with E-state index < -0.39 is 0 Å². The summed E-state index contributed by atoms with van der Waals surface area (Å²) in [5, 5.41) is 7.32. The fraction of sp³-hybridized carbons (Fsp3) is 0. The Balaban J connectivity index is 1.13. The van der Waals surface area contributed by atoms with Crippen LogP contribution >= 0.6 is 0 Å². The second-order valence-corrected chi connectivity index (χ2v) is 11.9. The third kappa shape index (κ3) is 4.60. The van der Waals surface area contributed by atoms with Crippen LogP contribution in [0.2, 0.25) is 0 Å². The third-order valence-electron chi connectivity index (χ3n) is 9.12. The number of aromatic nitrogens is 2. The van der Waals surface area contributed by atoms with E-state index in [9.17, 15) is 0 Å². The van der Waals surface area contributed by atoms with Crippen molar-refractivity contribution in [2.24, 2.45) is 0 Å². The van der Waals surface area contributed by atoms with Gasteiger partial charge in [-0.25, -0.2) is 0 Å². The molecule has 9 rings (SSSR count). The number of benzene rings is 7. The molecule has 0 saturated carbocycles. The molecule has 2 aromatic heterocycles. The molecule has 0 amide bonds. The molecule has 0 aliphatic carbocycles. The molecule has 0 atom stereocenters. The molecule has 0 saturated heterocycles. The number of rotatable bonds is 4. The maximum Gasteiger partial charge on any atom is 0.0702 e. The van der Waals surface area contributed by atoms with Crippen molar-refractivity contribution in [3.63, 3.8) is 0 Å². The number of hydrogen-bond donors (Lipinski definition) is 0. The zero-order chi connectivity index (χ0) is 30.5. The average Bonchev–Trinajstić information content (AvgIpc) is 3.14. The van der Waals surface area contributed by atoms with Gasteiger partial charge in [0.15, 0.2) is 0 Å². The highest BCUT2D eigenvalue weighted by Gasteiger charge is 2.11. The largest absolute Gasteiger partial charge is 0.256 e. The van der Waals surface area contributed by atoms with Crippen LogP contribution in [0, 0.1) is 0 Å². The van der Waals surface area contributed by atoms with E-state index in [1.165, 1.54) is 66.1 Å². The molecule has 7 aromatic carbocycles. The van der Waals surface area contributed by atoms with E-state index in [-0.39, 0.29) is 0 Å². The lowest BCUT2D eigenvalue weighted by molar-refractivity contribution is 1.41. The normalized spacial score (nSPS) is 11.5. The maximum atomic E-state index is 4.49. The van der Waals surface area contributed by atoms with Gasteiger partial charge in [0.05, 0.1) is 11.0 Å². The van der Waals surface area contributed by atoms with Crippen LogP contribution in [0.15, 0.2) is 170 Å². The molecule has 2 nitrogen and oxygen atoms in total. The number of pyridine rings is 2. The Labute approximate surface area is 267 Å². The minimum atomic E-state index is 1.01. The summed E-state index contributed by atoms with van der Waals surface area (Å²) in [7, 11) is 0. The lowest BCUT2D eigenvalue weighted by Crippen LogP contribution is -1.87. The van der Waals surface area contributed by atoms with Crippen molar-refractivity contribution in [1.29, 1.82) is 0 Å². The van der Waals surface area contributed by atoms with Crippen molar-refractivity contribution in [2.75, 3.05) is 0 Å². The Morgan fingerprint density at radius 2 is 0.804 bits per heavy atom. The van der Waals surface area contributed by atoms with E-state index >= 15 is 0 Å². The molecule has 2 heterocycles. The predicted octanol–water partition coefficient (Wildman–Crippen LogP) is 11.8. The highest BCUT2D eigenvalue weighted by molar-refractivity contribution is 6.13. The minimum Gasteiger partial charge on any atom is -0.256 e. The Hall–Kier alpha value is -6.12. The lowest BCUT2D eigenvalue weighted by atomic mass is 9.91. The molecule has 0 aliphatic heterocycles. The zero-order valence-electron chi connectivity index (χ0n) is 25.1. The van der Waals surface area contributed by atoms with Crippen molar-refractivity contribution >= 4 is 43.4 Å².